The summed E-state index contributed by atoms with van der Waals surface area (Å²) in [6, 6.07) is 2.68. The number of carboxylic acid groups (broad SMARTS) is 1. The Morgan fingerprint density at radius 3 is 2.61 bits per heavy atom. The van der Waals surface area contributed by atoms with Crippen molar-refractivity contribution < 1.29 is 19.0 Å². The monoisotopic (exact) mass is 318 g/mol. The summed E-state index contributed by atoms with van der Waals surface area (Å²) in [5.41, 5.74) is 0.798. The van der Waals surface area contributed by atoms with Crippen LogP contribution in [0.1, 0.15) is 54.9 Å². The van der Waals surface area contributed by atoms with Gasteiger partial charge in [0.25, 0.3) is 0 Å². The van der Waals surface area contributed by atoms with Crippen molar-refractivity contribution in [2.75, 3.05) is 6.61 Å². The van der Waals surface area contributed by atoms with Gasteiger partial charge in [0.1, 0.15) is 11.6 Å². The van der Waals surface area contributed by atoms with Gasteiger partial charge in [0.2, 0.25) is 0 Å². The summed E-state index contributed by atoms with van der Waals surface area (Å²) >= 11 is 0. The van der Waals surface area contributed by atoms with Crippen LogP contribution in [0.2, 0.25) is 0 Å². The van der Waals surface area contributed by atoms with Crippen LogP contribution in [0.3, 0.4) is 0 Å². The van der Waals surface area contributed by atoms with E-state index >= 15 is 0 Å². The Morgan fingerprint density at radius 1 is 1.30 bits per heavy atom. The van der Waals surface area contributed by atoms with E-state index in [1.165, 1.54) is 44.2 Å². The molecule has 2 unspecified atom stereocenters. The Hall–Kier alpha value is -1.58. The van der Waals surface area contributed by atoms with Gasteiger partial charge < -0.3 is 9.84 Å². The molecule has 0 spiro atoms. The Labute approximate surface area is 135 Å². The molecular formula is C19H23FO3. The number of aromatic carboxylic acids is 1. The zero-order chi connectivity index (χ0) is 16.2. The molecule has 2 atom stereocenters. The maximum absolute atomic E-state index is 14.0. The third kappa shape index (κ3) is 2.34. The van der Waals surface area contributed by atoms with Crippen LogP contribution in [0.15, 0.2) is 12.1 Å². The third-order valence-corrected chi connectivity index (χ3v) is 6.44. The molecule has 3 nitrogen and oxygen atoms in total. The van der Waals surface area contributed by atoms with Gasteiger partial charge in [-0.1, -0.05) is 6.92 Å². The quantitative estimate of drug-likeness (QED) is 0.881. The van der Waals surface area contributed by atoms with Gasteiger partial charge in [0.05, 0.1) is 12.2 Å². The molecule has 5 rings (SSSR count). The maximum atomic E-state index is 14.0. The zero-order valence-electron chi connectivity index (χ0n) is 13.5. The smallest absolute Gasteiger partial charge is 0.338 e. The number of hydrogen-bond donors (Lipinski definition) is 1. The second-order valence-corrected chi connectivity index (χ2v) is 7.79. The van der Waals surface area contributed by atoms with E-state index in [0.29, 0.717) is 24.2 Å². The van der Waals surface area contributed by atoms with Crippen LogP contribution >= 0.6 is 0 Å². The first-order valence-electron chi connectivity index (χ1n) is 8.69. The molecule has 4 fully saturated rings. The van der Waals surface area contributed by atoms with Crippen molar-refractivity contribution in [2.45, 2.75) is 45.4 Å². The normalized spacial score (nSPS) is 34.1. The molecule has 0 aromatic heterocycles. The summed E-state index contributed by atoms with van der Waals surface area (Å²) in [6.45, 7) is 2.59. The van der Waals surface area contributed by atoms with Crippen LogP contribution in [0.4, 0.5) is 4.39 Å². The number of benzene rings is 1. The Bertz CT molecular complexity index is 640. The molecule has 4 bridgehead atoms. The Kier molecular flexibility index (Phi) is 3.40. The molecule has 4 heteroatoms. The van der Waals surface area contributed by atoms with E-state index in [1.807, 2.05) is 6.92 Å². The first kappa shape index (κ1) is 15.0. The summed E-state index contributed by atoms with van der Waals surface area (Å²) in [4.78, 5) is 11.1. The predicted octanol–water partition coefficient (Wildman–Crippen LogP) is 4.29. The number of ether oxygens (including phenoxy) is 1. The minimum absolute atomic E-state index is 0.270. The highest BCUT2D eigenvalue weighted by atomic mass is 19.1. The van der Waals surface area contributed by atoms with E-state index in [4.69, 9.17) is 9.84 Å². The highest BCUT2D eigenvalue weighted by molar-refractivity contribution is 5.88. The molecule has 0 heterocycles. The molecule has 4 saturated carbocycles. The van der Waals surface area contributed by atoms with Crippen molar-refractivity contribution >= 4 is 5.97 Å². The number of carboxylic acids is 1. The lowest BCUT2D eigenvalue weighted by Crippen LogP contribution is -2.30. The van der Waals surface area contributed by atoms with Crippen LogP contribution < -0.4 is 4.74 Å². The highest BCUT2D eigenvalue weighted by Crippen LogP contribution is 2.65. The SMILES string of the molecule is CCc1cc(C(=O)O)c(F)cc1OCC12CC3CC(CC1C3)C2. The number of aryl methyl sites for hydroxylation is 1. The van der Waals surface area contributed by atoms with Gasteiger partial charge in [-0.25, -0.2) is 9.18 Å². The molecule has 4 aliphatic rings. The van der Waals surface area contributed by atoms with Crippen molar-refractivity contribution in [3.63, 3.8) is 0 Å². The zero-order valence-corrected chi connectivity index (χ0v) is 13.5. The predicted molar refractivity (Wildman–Crippen MR) is 84.2 cm³/mol. The van der Waals surface area contributed by atoms with Crippen molar-refractivity contribution in [1.82, 2.24) is 0 Å². The molecule has 1 aromatic rings. The van der Waals surface area contributed by atoms with E-state index in [9.17, 15) is 9.18 Å². The average Bonchev–Trinajstić information content (AvgIpc) is 2.89. The maximum Gasteiger partial charge on any atom is 0.338 e. The lowest BCUT2D eigenvalue weighted by Gasteiger charge is -2.33. The lowest BCUT2D eigenvalue weighted by atomic mass is 9.76. The summed E-state index contributed by atoms with van der Waals surface area (Å²) in [7, 11) is 0. The Balaban J connectivity index is 1.55. The standard InChI is InChI=1S/C19H23FO3/c1-2-13-6-15(18(21)22)16(20)7-17(13)23-10-19-8-11-3-12(9-19)5-14(19)4-11/h6-7,11-12,14H,2-5,8-10H2,1H3,(H,21,22). The first-order chi connectivity index (χ1) is 11.0. The fourth-order valence-electron chi connectivity index (χ4n) is 5.60. The van der Waals surface area contributed by atoms with Crippen molar-refractivity contribution in [1.29, 1.82) is 0 Å². The minimum Gasteiger partial charge on any atom is -0.493 e. The van der Waals surface area contributed by atoms with E-state index in [2.05, 4.69) is 0 Å². The third-order valence-electron chi connectivity index (χ3n) is 6.44. The van der Waals surface area contributed by atoms with Crippen LogP contribution in [-0.2, 0) is 6.42 Å². The average molecular weight is 318 g/mol. The second kappa shape index (κ2) is 5.22. The lowest BCUT2D eigenvalue weighted by molar-refractivity contribution is 0.0691. The van der Waals surface area contributed by atoms with Crippen LogP contribution in [0, 0.1) is 29.0 Å². The fourth-order valence-corrected chi connectivity index (χ4v) is 5.60. The number of halogens is 1. The topological polar surface area (TPSA) is 46.5 Å². The van der Waals surface area contributed by atoms with Crippen LogP contribution in [0.25, 0.3) is 0 Å². The van der Waals surface area contributed by atoms with E-state index in [-0.39, 0.29) is 5.56 Å². The van der Waals surface area contributed by atoms with Gasteiger partial charge in [-0.15, -0.1) is 0 Å². The number of hydrogen-bond acceptors (Lipinski definition) is 2. The minimum atomic E-state index is -1.23. The largest absolute Gasteiger partial charge is 0.493 e. The molecule has 1 aromatic carbocycles. The van der Waals surface area contributed by atoms with Gasteiger partial charge in [0.15, 0.2) is 0 Å². The molecule has 4 aliphatic carbocycles. The van der Waals surface area contributed by atoms with Crippen molar-refractivity contribution in [2.24, 2.45) is 23.2 Å². The molecule has 0 amide bonds. The molecule has 124 valence electrons. The molecule has 0 radical (unpaired) electrons. The molecular weight excluding hydrogens is 295 g/mol. The number of carbonyl (C=O) groups is 1. The van der Waals surface area contributed by atoms with Crippen molar-refractivity contribution in [3.05, 3.63) is 29.1 Å². The van der Waals surface area contributed by atoms with Gasteiger partial charge in [-0.3, -0.25) is 0 Å². The summed E-state index contributed by atoms with van der Waals surface area (Å²) < 4.78 is 20.1. The summed E-state index contributed by atoms with van der Waals surface area (Å²) in [5, 5.41) is 9.05. The van der Waals surface area contributed by atoms with Crippen LogP contribution in [0.5, 0.6) is 5.75 Å². The first-order valence-corrected chi connectivity index (χ1v) is 8.69. The van der Waals surface area contributed by atoms with Gasteiger partial charge >= 0.3 is 5.97 Å². The Morgan fingerprint density at radius 2 is 2.00 bits per heavy atom. The molecule has 0 aliphatic heterocycles. The molecule has 1 N–H and O–H groups in total. The fraction of sp³-hybridized carbons (Fsp3) is 0.632. The van der Waals surface area contributed by atoms with E-state index in [0.717, 1.165) is 23.3 Å². The van der Waals surface area contributed by atoms with Crippen LogP contribution in [-0.4, -0.2) is 17.7 Å². The van der Waals surface area contributed by atoms with Gasteiger partial charge in [-0.05, 0) is 67.9 Å². The van der Waals surface area contributed by atoms with E-state index < -0.39 is 11.8 Å². The van der Waals surface area contributed by atoms with Crippen molar-refractivity contribution in [3.8, 4) is 5.75 Å². The highest BCUT2D eigenvalue weighted by Gasteiger charge is 2.57. The van der Waals surface area contributed by atoms with Gasteiger partial charge in [0, 0.05) is 11.5 Å². The number of rotatable bonds is 5. The molecule has 23 heavy (non-hydrogen) atoms. The summed E-state index contributed by atoms with van der Waals surface area (Å²) in [5.74, 6) is 1.10. The van der Waals surface area contributed by atoms with E-state index in [1.54, 1.807) is 0 Å². The summed E-state index contributed by atoms with van der Waals surface area (Å²) in [6.07, 6.45) is 7.22. The molecule has 0 saturated heterocycles. The van der Waals surface area contributed by atoms with Gasteiger partial charge in [-0.2, -0.15) is 0 Å². The second-order valence-electron chi connectivity index (χ2n) is 7.79.